The standard InChI is InChI=1S/C14H9N3/c1-2-9-3-4-11-13(14(9)16-6-1)10-5-7-15-12(10)8-17-11/h1-8,15H. The van der Waals surface area contributed by atoms with Crippen LogP contribution >= 0.6 is 0 Å². The van der Waals surface area contributed by atoms with Crippen molar-refractivity contribution in [2.75, 3.05) is 0 Å². The molecule has 0 amide bonds. The van der Waals surface area contributed by atoms with Crippen LogP contribution in [0.25, 0.3) is 32.7 Å². The summed E-state index contributed by atoms with van der Waals surface area (Å²) >= 11 is 0. The van der Waals surface area contributed by atoms with Gasteiger partial charge in [0.25, 0.3) is 0 Å². The molecule has 3 aromatic heterocycles. The summed E-state index contributed by atoms with van der Waals surface area (Å²) in [4.78, 5) is 12.1. The summed E-state index contributed by atoms with van der Waals surface area (Å²) in [7, 11) is 0. The van der Waals surface area contributed by atoms with Crippen LogP contribution < -0.4 is 0 Å². The number of nitrogens with one attached hydrogen (secondary N) is 1. The third-order valence-electron chi connectivity index (χ3n) is 3.13. The van der Waals surface area contributed by atoms with Crippen molar-refractivity contribution in [1.29, 1.82) is 0 Å². The Hall–Kier alpha value is -2.42. The van der Waals surface area contributed by atoms with E-state index in [-0.39, 0.29) is 0 Å². The highest BCUT2D eigenvalue weighted by Crippen LogP contribution is 2.28. The minimum Gasteiger partial charge on any atom is -0.360 e. The molecule has 0 spiro atoms. The normalized spacial score (nSPS) is 11.5. The highest BCUT2D eigenvalue weighted by molar-refractivity contribution is 6.16. The van der Waals surface area contributed by atoms with Crippen LogP contribution in [0.15, 0.2) is 48.9 Å². The molecule has 0 atom stereocenters. The number of hydrogen-bond donors (Lipinski definition) is 1. The van der Waals surface area contributed by atoms with Gasteiger partial charge in [-0.15, -0.1) is 0 Å². The molecular formula is C14H9N3. The van der Waals surface area contributed by atoms with Crippen molar-refractivity contribution in [2.45, 2.75) is 0 Å². The number of aromatic nitrogens is 3. The van der Waals surface area contributed by atoms with E-state index >= 15 is 0 Å². The predicted molar refractivity (Wildman–Crippen MR) is 68.9 cm³/mol. The van der Waals surface area contributed by atoms with Gasteiger partial charge >= 0.3 is 0 Å². The molecule has 0 aliphatic rings. The van der Waals surface area contributed by atoms with Gasteiger partial charge in [-0.1, -0.05) is 12.1 Å². The van der Waals surface area contributed by atoms with Gasteiger partial charge < -0.3 is 4.98 Å². The van der Waals surface area contributed by atoms with Crippen LogP contribution in [-0.2, 0) is 0 Å². The summed E-state index contributed by atoms with van der Waals surface area (Å²) in [6.45, 7) is 0. The molecule has 0 fully saturated rings. The molecule has 4 aromatic rings. The first-order valence-electron chi connectivity index (χ1n) is 5.53. The van der Waals surface area contributed by atoms with Crippen molar-refractivity contribution < 1.29 is 0 Å². The number of rotatable bonds is 0. The lowest BCUT2D eigenvalue weighted by Crippen LogP contribution is -1.84. The summed E-state index contributed by atoms with van der Waals surface area (Å²) in [6.07, 6.45) is 5.63. The molecule has 3 heterocycles. The minimum atomic E-state index is 0.989. The van der Waals surface area contributed by atoms with Gasteiger partial charge in [-0.05, 0) is 18.2 Å². The number of fused-ring (bicyclic) bond motifs is 5. The molecule has 4 rings (SSSR count). The quantitative estimate of drug-likeness (QED) is 0.461. The third-order valence-corrected chi connectivity index (χ3v) is 3.13. The number of benzene rings is 1. The molecule has 80 valence electrons. The van der Waals surface area contributed by atoms with E-state index < -0.39 is 0 Å². The summed E-state index contributed by atoms with van der Waals surface area (Å²) in [5.41, 5.74) is 3.06. The maximum absolute atomic E-state index is 4.49. The van der Waals surface area contributed by atoms with Crippen LogP contribution in [0, 0.1) is 0 Å². The Labute approximate surface area is 97.1 Å². The molecule has 0 radical (unpaired) electrons. The summed E-state index contributed by atoms with van der Waals surface area (Å²) < 4.78 is 0. The van der Waals surface area contributed by atoms with Gasteiger partial charge in [-0.25, -0.2) is 0 Å². The van der Waals surface area contributed by atoms with Crippen LogP contribution in [0.2, 0.25) is 0 Å². The van der Waals surface area contributed by atoms with Gasteiger partial charge in [0, 0.05) is 28.6 Å². The highest BCUT2D eigenvalue weighted by Gasteiger charge is 2.07. The Morgan fingerprint density at radius 2 is 2.00 bits per heavy atom. The number of H-pyrrole nitrogens is 1. The molecule has 0 aliphatic heterocycles. The molecule has 3 heteroatoms. The molecular weight excluding hydrogens is 210 g/mol. The predicted octanol–water partition coefficient (Wildman–Crippen LogP) is 3.26. The first-order chi connectivity index (χ1) is 8.43. The Morgan fingerprint density at radius 1 is 1.00 bits per heavy atom. The lowest BCUT2D eigenvalue weighted by atomic mass is 10.1. The van der Waals surface area contributed by atoms with Crippen molar-refractivity contribution in [3.05, 3.63) is 48.9 Å². The van der Waals surface area contributed by atoms with Crippen molar-refractivity contribution in [3.8, 4) is 0 Å². The molecule has 0 bridgehead atoms. The first-order valence-corrected chi connectivity index (χ1v) is 5.53. The van der Waals surface area contributed by atoms with Gasteiger partial charge in [-0.3, -0.25) is 9.97 Å². The molecule has 3 nitrogen and oxygen atoms in total. The monoisotopic (exact) mass is 219 g/mol. The second-order valence-corrected chi connectivity index (χ2v) is 4.10. The number of pyridine rings is 2. The summed E-state index contributed by atoms with van der Waals surface area (Å²) in [6, 6.07) is 10.2. The Bertz CT molecular complexity index is 846. The van der Waals surface area contributed by atoms with Crippen LogP contribution in [-0.4, -0.2) is 15.0 Å². The van der Waals surface area contributed by atoms with Crippen LogP contribution in [0.3, 0.4) is 0 Å². The maximum atomic E-state index is 4.49. The number of hydrogen-bond acceptors (Lipinski definition) is 2. The average molecular weight is 219 g/mol. The molecule has 0 unspecified atom stereocenters. The van der Waals surface area contributed by atoms with Gasteiger partial charge in [0.05, 0.1) is 22.7 Å². The molecule has 17 heavy (non-hydrogen) atoms. The van der Waals surface area contributed by atoms with Crippen molar-refractivity contribution in [2.24, 2.45) is 0 Å². The zero-order chi connectivity index (χ0) is 11.2. The van der Waals surface area contributed by atoms with Crippen LogP contribution in [0.5, 0.6) is 0 Å². The molecule has 1 aromatic carbocycles. The van der Waals surface area contributed by atoms with Gasteiger partial charge in [-0.2, -0.15) is 0 Å². The fourth-order valence-corrected chi connectivity index (χ4v) is 2.35. The van der Waals surface area contributed by atoms with E-state index in [0.717, 1.165) is 27.3 Å². The average Bonchev–Trinajstić information content (AvgIpc) is 2.86. The number of aromatic amines is 1. The minimum absolute atomic E-state index is 0.989. The molecule has 0 aliphatic carbocycles. The fraction of sp³-hybridized carbons (Fsp3) is 0. The molecule has 0 saturated heterocycles. The van der Waals surface area contributed by atoms with E-state index in [2.05, 4.69) is 33.2 Å². The first kappa shape index (κ1) is 8.70. The van der Waals surface area contributed by atoms with Gasteiger partial charge in [0.1, 0.15) is 0 Å². The van der Waals surface area contributed by atoms with Gasteiger partial charge in [0.15, 0.2) is 0 Å². The van der Waals surface area contributed by atoms with E-state index in [1.165, 1.54) is 5.39 Å². The molecule has 1 N–H and O–H groups in total. The second kappa shape index (κ2) is 3.04. The SMILES string of the molecule is c1cnc2c(c1)ccc1ncc3[nH]ccc3c12. The van der Waals surface area contributed by atoms with E-state index in [4.69, 9.17) is 0 Å². The van der Waals surface area contributed by atoms with Crippen LogP contribution in [0.1, 0.15) is 0 Å². The lowest BCUT2D eigenvalue weighted by Gasteiger charge is -2.03. The zero-order valence-corrected chi connectivity index (χ0v) is 9.01. The fourth-order valence-electron chi connectivity index (χ4n) is 2.35. The van der Waals surface area contributed by atoms with Crippen molar-refractivity contribution in [3.63, 3.8) is 0 Å². The lowest BCUT2D eigenvalue weighted by molar-refractivity contribution is 1.39. The maximum Gasteiger partial charge on any atom is 0.0802 e. The Morgan fingerprint density at radius 3 is 3.00 bits per heavy atom. The van der Waals surface area contributed by atoms with E-state index in [9.17, 15) is 0 Å². The van der Waals surface area contributed by atoms with Crippen molar-refractivity contribution >= 4 is 32.7 Å². The molecule has 0 saturated carbocycles. The highest BCUT2D eigenvalue weighted by atomic mass is 14.7. The van der Waals surface area contributed by atoms with E-state index in [0.29, 0.717) is 0 Å². The second-order valence-electron chi connectivity index (χ2n) is 4.10. The largest absolute Gasteiger partial charge is 0.360 e. The summed E-state index contributed by atoms with van der Waals surface area (Å²) in [5, 5.41) is 3.46. The summed E-state index contributed by atoms with van der Waals surface area (Å²) in [5.74, 6) is 0. The van der Waals surface area contributed by atoms with E-state index in [1.807, 2.05) is 30.7 Å². The van der Waals surface area contributed by atoms with Crippen molar-refractivity contribution in [1.82, 2.24) is 15.0 Å². The Balaban J connectivity index is 2.41. The third kappa shape index (κ3) is 1.11. The zero-order valence-electron chi connectivity index (χ0n) is 9.01. The Kier molecular flexibility index (Phi) is 1.56. The smallest absolute Gasteiger partial charge is 0.0802 e. The van der Waals surface area contributed by atoms with E-state index in [1.54, 1.807) is 0 Å². The number of nitrogens with zero attached hydrogens (tertiary/aromatic N) is 2. The van der Waals surface area contributed by atoms with Gasteiger partial charge in [0.2, 0.25) is 0 Å². The van der Waals surface area contributed by atoms with Crippen LogP contribution in [0.4, 0.5) is 0 Å². The topological polar surface area (TPSA) is 41.6 Å².